The van der Waals surface area contributed by atoms with Gasteiger partial charge in [0.15, 0.2) is 5.78 Å². The second-order valence-corrected chi connectivity index (χ2v) is 2.91. The minimum absolute atomic E-state index is 0.0137. The number of rotatable bonds is 1. The number of hydrogen-bond donors (Lipinski definition) is 0. The molecule has 1 aromatic heterocycles. The first-order chi connectivity index (χ1) is 6.32. The highest BCUT2D eigenvalue weighted by Gasteiger charge is 2.31. The van der Waals surface area contributed by atoms with Gasteiger partial charge in [0.05, 0.1) is 5.56 Å². The van der Waals surface area contributed by atoms with E-state index in [2.05, 4.69) is 4.98 Å². The number of hydrogen-bond acceptors (Lipinski definition) is 2. The van der Waals surface area contributed by atoms with E-state index in [-0.39, 0.29) is 5.56 Å². The van der Waals surface area contributed by atoms with Crippen molar-refractivity contribution in [3.05, 3.63) is 29.1 Å². The molecule has 76 valence electrons. The van der Waals surface area contributed by atoms with Crippen molar-refractivity contribution in [3.8, 4) is 0 Å². The number of ketones is 1. The van der Waals surface area contributed by atoms with E-state index in [9.17, 15) is 18.0 Å². The van der Waals surface area contributed by atoms with Gasteiger partial charge in [-0.05, 0) is 19.9 Å². The Morgan fingerprint density at radius 2 is 2.00 bits per heavy atom. The normalized spacial score (nSPS) is 11.5. The fraction of sp³-hybridized carbons (Fsp3) is 0.333. The van der Waals surface area contributed by atoms with Crippen LogP contribution in [0.15, 0.2) is 12.3 Å². The van der Waals surface area contributed by atoms with Gasteiger partial charge in [-0.1, -0.05) is 0 Å². The summed E-state index contributed by atoms with van der Waals surface area (Å²) < 4.78 is 36.6. The van der Waals surface area contributed by atoms with E-state index < -0.39 is 17.5 Å². The minimum Gasteiger partial charge on any atom is -0.294 e. The number of pyridine rings is 1. The summed E-state index contributed by atoms with van der Waals surface area (Å²) in [6, 6.07) is 0.824. The van der Waals surface area contributed by atoms with Crippen LogP contribution in [0.25, 0.3) is 0 Å². The molecule has 0 spiro atoms. The highest BCUT2D eigenvalue weighted by atomic mass is 19.4. The van der Waals surface area contributed by atoms with Gasteiger partial charge in [-0.25, -0.2) is 0 Å². The van der Waals surface area contributed by atoms with E-state index in [0.29, 0.717) is 5.69 Å². The number of carbonyl (C=O) groups is 1. The van der Waals surface area contributed by atoms with Crippen LogP contribution in [0.1, 0.15) is 28.5 Å². The van der Waals surface area contributed by atoms with Crippen molar-refractivity contribution in [2.75, 3.05) is 0 Å². The minimum atomic E-state index is -4.45. The Labute approximate surface area is 78.8 Å². The average molecular weight is 203 g/mol. The number of Topliss-reactive ketones (excluding diaryl/α,β-unsaturated/α-hetero) is 1. The zero-order valence-electron chi connectivity index (χ0n) is 7.64. The summed E-state index contributed by atoms with van der Waals surface area (Å²) in [5.74, 6) is -0.416. The maximum atomic E-state index is 12.2. The second-order valence-electron chi connectivity index (χ2n) is 2.91. The number of alkyl halides is 3. The maximum absolute atomic E-state index is 12.2. The van der Waals surface area contributed by atoms with Crippen LogP contribution >= 0.6 is 0 Å². The van der Waals surface area contributed by atoms with E-state index in [4.69, 9.17) is 0 Å². The first kappa shape index (κ1) is 10.7. The highest BCUT2D eigenvalue weighted by molar-refractivity contribution is 5.95. The lowest BCUT2D eigenvalue weighted by molar-refractivity contribution is -0.137. The molecule has 0 saturated heterocycles. The van der Waals surface area contributed by atoms with Crippen LogP contribution < -0.4 is 0 Å². The van der Waals surface area contributed by atoms with E-state index in [0.717, 1.165) is 12.3 Å². The molecule has 0 unspecified atom stereocenters. The SMILES string of the molecule is CC(=O)c1cc(C(F)(F)F)cnc1C. The summed E-state index contributed by atoms with van der Waals surface area (Å²) in [6.07, 6.45) is -3.73. The van der Waals surface area contributed by atoms with Crippen molar-refractivity contribution < 1.29 is 18.0 Å². The van der Waals surface area contributed by atoms with Gasteiger partial charge in [0.2, 0.25) is 0 Å². The molecular formula is C9H8F3NO. The van der Waals surface area contributed by atoms with Gasteiger partial charge < -0.3 is 0 Å². The molecule has 0 aliphatic rings. The van der Waals surface area contributed by atoms with Gasteiger partial charge in [0.25, 0.3) is 0 Å². The summed E-state index contributed by atoms with van der Waals surface area (Å²) in [7, 11) is 0. The number of halogens is 3. The van der Waals surface area contributed by atoms with Crippen molar-refractivity contribution in [1.82, 2.24) is 4.98 Å². The van der Waals surface area contributed by atoms with Crippen molar-refractivity contribution in [2.45, 2.75) is 20.0 Å². The average Bonchev–Trinajstić information content (AvgIpc) is 2.02. The van der Waals surface area contributed by atoms with Crippen LogP contribution in [-0.2, 0) is 6.18 Å². The number of aromatic nitrogens is 1. The lowest BCUT2D eigenvalue weighted by Gasteiger charge is -2.08. The maximum Gasteiger partial charge on any atom is 0.417 e. The lowest BCUT2D eigenvalue weighted by Crippen LogP contribution is -2.09. The van der Waals surface area contributed by atoms with E-state index >= 15 is 0 Å². The molecule has 14 heavy (non-hydrogen) atoms. The molecule has 0 bridgehead atoms. The third kappa shape index (κ3) is 2.10. The topological polar surface area (TPSA) is 30.0 Å². The van der Waals surface area contributed by atoms with Crippen LogP contribution in [0.2, 0.25) is 0 Å². The third-order valence-corrected chi connectivity index (χ3v) is 1.79. The van der Waals surface area contributed by atoms with Gasteiger partial charge in [-0.3, -0.25) is 9.78 Å². The first-order valence-electron chi connectivity index (χ1n) is 3.87. The Bertz CT molecular complexity index is 371. The summed E-state index contributed by atoms with van der Waals surface area (Å²) >= 11 is 0. The molecule has 0 N–H and O–H groups in total. The Hall–Kier alpha value is -1.39. The van der Waals surface area contributed by atoms with Crippen molar-refractivity contribution >= 4 is 5.78 Å². The van der Waals surface area contributed by atoms with Gasteiger partial charge in [-0.15, -0.1) is 0 Å². The number of aryl methyl sites for hydroxylation is 1. The molecule has 0 aliphatic heterocycles. The van der Waals surface area contributed by atoms with Crippen molar-refractivity contribution in [1.29, 1.82) is 0 Å². The highest BCUT2D eigenvalue weighted by Crippen LogP contribution is 2.29. The summed E-state index contributed by atoms with van der Waals surface area (Å²) in [5, 5.41) is 0. The van der Waals surface area contributed by atoms with Gasteiger partial charge in [-0.2, -0.15) is 13.2 Å². The molecule has 1 rings (SSSR count). The third-order valence-electron chi connectivity index (χ3n) is 1.79. The molecule has 0 aromatic carbocycles. The molecule has 1 heterocycles. The van der Waals surface area contributed by atoms with E-state index in [1.54, 1.807) is 0 Å². The summed E-state index contributed by atoms with van der Waals surface area (Å²) in [4.78, 5) is 14.5. The predicted molar refractivity (Wildman–Crippen MR) is 44.0 cm³/mol. The molecule has 1 aromatic rings. The van der Waals surface area contributed by atoms with Crippen LogP contribution in [0, 0.1) is 6.92 Å². The molecule has 0 amide bonds. The zero-order valence-corrected chi connectivity index (χ0v) is 7.64. The smallest absolute Gasteiger partial charge is 0.294 e. The Balaban J connectivity index is 3.27. The van der Waals surface area contributed by atoms with Gasteiger partial charge >= 0.3 is 6.18 Å². The first-order valence-corrected chi connectivity index (χ1v) is 3.87. The van der Waals surface area contributed by atoms with E-state index in [1.807, 2.05) is 0 Å². The van der Waals surface area contributed by atoms with Gasteiger partial charge in [0.1, 0.15) is 0 Å². The molecule has 2 nitrogen and oxygen atoms in total. The summed E-state index contributed by atoms with van der Waals surface area (Å²) in [5.41, 5.74) is -0.571. The molecule has 0 saturated carbocycles. The molecule has 5 heteroatoms. The number of carbonyl (C=O) groups excluding carboxylic acids is 1. The Kier molecular flexibility index (Phi) is 2.59. The number of nitrogens with zero attached hydrogens (tertiary/aromatic N) is 1. The standard InChI is InChI=1S/C9H8F3NO/c1-5-8(6(2)14)3-7(4-13-5)9(10,11)12/h3-4H,1-2H3. The molecule has 0 aliphatic carbocycles. The second kappa shape index (κ2) is 3.40. The van der Waals surface area contributed by atoms with E-state index in [1.165, 1.54) is 13.8 Å². The molecule has 0 fully saturated rings. The monoisotopic (exact) mass is 203 g/mol. The van der Waals surface area contributed by atoms with Crippen LogP contribution in [0.4, 0.5) is 13.2 Å². The van der Waals surface area contributed by atoms with Crippen LogP contribution in [0.5, 0.6) is 0 Å². The zero-order chi connectivity index (χ0) is 10.9. The molecule has 0 atom stereocenters. The fourth-order valence-corrected chi connectivity index (χ4v) is 1.04. The van der Waals surface area contributed by atoms with Crippen molar-refractivity contribution in [2.24, 2.45) is 0 Å². The van der Waals surface area contributed by atoms with Crippen molar-refractivity contribution in [3.63, 3.8) is 0 Å². The van der Waals surface area contributed by atoms with Crippen LogP contribution in [-0.4, -0.2) is 10.8 Å². The Morgan fingerprint density at radius 1 is 1.43 bits per heavy atom. The fourth-order valence-electron chi connectivity index (χ4n) is 1.04. The quantitative estimate of drug-likeness (QED) is 0.656. The molecular weight excluding hydrogens is 195 g/mol. The largest absolute Gasteiger partial charge is 0.417 e. The summed E-state index contributed by atoms with van der Waals surface area (Å²) in [6.45, 7) is 2.71. The lowest BCUT2D eigenvalue weighted by atomic mass is 10.1. The van der Waals surface area contributed by atoms with Crippen LogP contribution in [0.3, 0.4) is 0 Å². The van der Waals surface area contributed by atoms with Gasteiger partial charge in [0, 0.05) is 17.5 Å². The molecule has 0 radical (unpaired) electrons. The Morgan fingerprint density at radius 3 is 2.43 bits per heavy atom. The predicted octanol–water partition coefficient (Wildman–Crippen LogP) is 2.61.